The molecule has 0 bridgehead atoms. The van der Waals surface area contributed by atoms with Gasteiger partial charge in [0.2, 0.25) is 0 Å². The van der Waals surface area contributed by atoms with E-state index in [1.54, 1.807) is 13.2 Å². The molecule has 0 fully saturated rings. The molecule has 3 nitrogen and oxygen atoms in total. The van der Waals surface area contributed by atoms with Gasteiger partial charge in [0, 0.05) is 13.2 Å². The van der Waals surface area contributed by atoms with Gasteiger partial charge in [-0.15, -0.1) is 11.6 Å². The zero-order chi connectivity index (χ0) is 15.7. The number of halogens is 3. The van der Waals surface area contributed by atoms with Crippen LogP contribution < -0.4 is 0 Å². The number of aromatic nitrogens is 2. The third kappa shape index (κ3) is 3.25. The molecule has 0 saturated heterocycles. The lowest BCUT2D eigenvalue weighted by atomic mass is 10.0. The number of benzene rings is 1. The lowest BCUT2D eigenvalue weighted by Crippen LogP contribution is -2.22. The molecular formula is C15H19BrClFN2O. The van der Waals surface area contributed by atoms with Crippen LogP contribution in [0.5, 0.6) is 0 Å². The van der Waals surface area contributed by atoms with Gasteiger partial charge in [0.05, 0.1) is 33.5 Å². The molecular weight excluding hydrogens is 359 g/mol. The molecule has 0 aliphatic carbocycles. The fourth-order valence-electron chi connectivity index (χ4n) is 2.47. The second-order valence-electron chi connectivity index (χ2n) is 5.48. The normalized spacial score (nSPS) is 14.9. The first-order valence-electron chi connectivity index (χ1n) is 6.86. The van der Waals surface area contributed by atoms with Crippen LogP contribution in [-0.2, 0) is 4.74 Å². The molecule has 0 saturated carbocycles. The monoisotopic (exact) mass is 376 g/mol. The maximum absolute atomic E-state index is 13.7. The average molecular weight is 378 g/mol. The van der Waals surface area contributed by atoms with Crippen molar-refractivity contribution in [3.63, 3.8) is 0 Å². The summed E-state index contributed by atoms with van der Waals surface area (Å²) in [4.78, 5) is 4.51. The van der Waals surface area contributed by atoms with Crippen LogP contribution in [0.15, 0.2) is 16.6 Å². The first-order valence-corrected chi connectivity index (χ1v) is 8.09. The van der Waals surface area contributed by atoms with Crippen molar-refractivity contribution in [1.29, 1.82) is 0 Å². The minimum atomic E-state index is -0.325. The third-order valence-electron chi connectivity index (χ3n) is 3.55. The highest BCUT2D eigenvalue weighted by molar-refractivity contribution is 9.10. The van der Waals surface area contributed by atoms with Crippen LogP contribution in [0.25, 0.3) is 11.0 Å². The van der Waals surface area contributed by atoms with E-state index < -0.39 is 0 Å². The zero-order valence-electron chi connectivity index (χ0n) is 12.5. The number of hydrogen-bond acceptors (Lipinski definition) is 2. The van der Waals surface area contributed by atoms with Gasteiger partial charge in [0.25, 0.3) is 0 Å². The predicted molar refractivity (Wildman–Crippen MR) is 87.4 cm³/mol. The first-order chi connectivity index (χ1) is 9.86. The number of fused-ring (bicyclic) bond motifs is 1. The fraction of sp³-hybridized carbons (Fsp3) is 0.533. The summed E-state index contributed by atoms with van der Waals surface area (Å²) < 4.78 is 21.6. The average Bonchev–Trinajstić information content (AvgIpc) is 2.75. The molecule has 2 rings (SSSR count). The highest BCUT2D eigenvalue weighted by atomic mass is 79.9. The molecule has 0 radical (unpaired) electrons. The van der Waals surface area contributed by atoms with Gasteiger partial charge in [-0.3, -0.25) is 0 Å². The molecule has 2 aromatic rings. The van der Waals surface area contributed by atoms with Crippen LogP contribution in [0.2, 0.25) is 0 Å². The van der Waals surface area contributed by atoms with E-state index in [2.05, 4.69) is 39.3 Å². The zero-order valence-corrected chi connectivity index (χ0v) is 14.9. The second-order valence-corrected chi connectivity index (χ2v) is 6.99. The van der Waals surface area contributed by atoms with Crippen molar-refractivity contribution >= 4 is 38.6 Å². The number of alkyl halides is 1. The molecule has 1 aromatic carbocycles. The molecule has 0 spiro atoms. The van der Waals surface area contributed by atoms with Crippen LogP contribution in [-0.4, -0.2) is 23.3 Å². The van der Waals surface area contributed by atoms with Crippen molar-refractivity contribution in [2.75, 3.05) is 13.7 Å². The number of ether oxygens (including phenoxy) is 1. The number of nitrogens with zero attached hydrogens (tertiary/aromatic N) is 2. The Morgan fingerprint density at radius 3 is 2.57 bits per heavy atom. The Morgan fingerprint density at radius 1 is 1.38 bits per heavy atom. The number of hydrogen-bond donors (Lipinski definition) is 0. The molecule has 2 atom stereocenters. The Hall–Kier alpha value is -0.650. The van der Waals surface area contributed by atoms with Crippen molar-refractivity contribution in [2.45, 2.75) is 32.2 Å². The topological polar surface area (TPSA) is 27.1 Å². The predicted octanol–water partition coefficient (Wildman–Crippen LogP) is 5.08. The molecule has 0 amide bonds. The SMILES string of the molecule is COCC(C(C)C)n1c(C(C)Cl)nc2cc(F)c(Br)cc21. The standard InChI is InChI=1S/C15H19BrClFN2O/c1-8(2)14(7-21-4)20-13-5-10(16)11(18)6-12(13)19-15(20)9(3)17/h5-6,8-9,14H,7H2,1-4H3. The first kappa shape index (κ1) is 16.7. The summed E-state index contributed by atoms with van der Waals surface area (Å²) in [6.07, 6.45) is 0. The van der Waals surface area contributed by atoms with Crippen molar-refractivity contribution in [3.05, 3.63) is 28.2 Å². The highest BCUT2D eigenvalue weighted by Crippen LogP contribution is 2.33. The quantitative estimate of drug-likeness (QED) is 0.679. The highest BCUT2D eigenvalue weighted by Gasteiger charge is 2.24. The number of methoxy groups -OCH3 is 1. The van der Waals surface area contributed by atoms with Crippen LogP contribution >= 0.6 is 27.5 Å². The lowest BCUT2D eigenvalue weighted by Gasteiger charge is -2.25. The van der Waals surface area contributed by atoms with E-state index in [-0.39, 0.29) is 17.2 Å². The van der Waals surface area contributed by atoms with Crippen molar-refractivity contribution in [3.8, 4) is 0 Å². The van der Waals surface area contributed by atoms with Crippen LogP contribution in [0.3, 0.4) is 0 Å². The summed E-state index contributed by atoms with van der Waals surface area (Å²) in [5.41, 5.74) is 1.47. The van der Waals surface area contributed by atoms with E-state index in [4.69, 9.17) is 16.3 Å². The molecule has 1 heterocycles. The van der Waals surface area contributed by atoms with Gasteiger partial charge in [-0.05, 0) is 34.8 Å². The molecule has 6 heteroatoms. The molecule has 2 unspecified atom stereocenters. The maximum atomic E-state index is 13.7. The third-order valence-corrected chi connectivity index (χ3v) is 4.36. The van der Waals surface area contributed by atoms with Gasteiger partial charge < -0.3 is 9.30 Å². The van der Waals surface area contributed by atoms with Gasteiger partial charge >= 0.3 is 0 Å². The van der Waals surface area contributed by atoms with Gasteiger partial charge in [-0.2, -0.15) is 0 Å². The smallest absolute Gasteiger partial charge is 0.139 e. The Morgan fingerprint density at radius 2 is 2.05 bits per heavy atom. The van der Waals surface area contributed by atoms with E-state index in [0.717, 1.165) is 11.3 Å². The fourth-order valence-corrected chi connectivity index (χ4v) is 2.96. The van der Waals surface area contributed by atoms with Crippen LogP contribution in [0, 0.1) is 11.7 Å². The summed E-state index contributed by atoms with van der Waals surface area (Å²) in [6, 6.07) is 3.28. The summed E-state index contributed by atoms with van der Waals surface area (Å²) in [5, 5.41) is -0.266. The van der Waals surface area contributed by atoms with E-state index in [1.807, 2.05) is 6.92 Å². The Balaban J connectivity index is 2.73. The summed E-state index contributed by atoms with van der Waals surface area (Å²) in [5.74, 6) is 0.744. The summed E-state index contributed by atoms with van der Waals surface area (Å²) >= 11 is 9.52. The van der Waals surface area contributed by atoms with Crippen molar-refractivity contribution in [2.24, 2.45) is 5.92 Å². The molecule has 0 aliphatic heterocycles. The largest absolute Gasteiger partial charge is 0.383 e. The summed E-state index contributed by atoms with van der Waals surface area (Å²) in [6.45, 7) is 6.66. The second kappa shape index (κ2) is 6.63. The lowest BCUT2D eigenvalue weighted by molar-refractivity contribution is 0.133. The molecule has 1 aromatic heterocycles. The van der Waals surface area contributed by atoms with Crippen molar-refractivity contribution in [1.82, 2.24) is 9.55 Å². The molecule has 0 N–H and O–H groups in total. The van der Waals surface area contributed by atoms with Crippen molar-refractivity contribution < 1.29 is 9.13 Å². The molecule has 0 aliphatic rings. The number of rotatable bonds is 5. The Bertz CT molecular complexity index is 642. The Labute approximate surface area is 137 Å². The van der Waals surface area contributed by atoms with E-state index in [0.29, 0.717) is 22.5 Å². The molecule has 21 heavy (non-hydrogen) atoms. The minimum Gasteiger partial charge on any atom is -0.383 e. The number of imidazole rings is 1. The van der Waals surface area contributed by atoms with E-state index in [9.17, 15) is 4.39 Å². The Kier molecular flexibility index (Phi) is 5.28. The van der Waals surface area contributed by atoms with Gasteiger partial charge in [-0.25, -0.2) is 9.37 Å². The maximum Gasteiger partial charge on any atom is 0.139 e. The summed E-state index contributed by atoms with van der Waals surface area (Å²) in [7, 11) is 1.67. The molecule has 116 valence electrons. The van der Waals surface area contributed by atoms with Gasteiger partial charge in [-0.1, -0.05) is 13.8 Å². The minimum absolute atomic E-state index is 0.0913. The van der Waals surface area contributed by atoms with Gasteiger partial charge in [0.1, 0.15) is 11.6 Å². The van der Waals surface area contributed by atoms with Gasteiger partial charge in [0.15, 0.2) is 0 Å². The van der Waals surface area contributed by atoms with Crippen LogP contribution in [0.4, 0.5) is 4.39 Å². The van der Waals surface area contributed by atoms with Crippen LogP contribution in [0.1, 0.15) is 38.0 Å². The van der Waals surface area contributed by atoms with E-state index in [1.165, 1.54) is 6.07 Å². The van der Waals surface area contributed by atoms with E-state index >= 15 is 0 Å².